The highest BCUT2D eigenvalue weighted by Crippen LogP contribution is 2.46. The molecule has 0 aromatic carbocycles. The molecule has 1 aromatic rings. The molecule has 1 heterocycles. The Balaban J connectivity index is 3.50. The molecule has 0 aliphatic rings. The topological polar surface area (TPSA) is 12.9 Å². The molecule has 0 fully saturated rings. The van der Waals surface area contributed by atoms with Crippen molar-refractivity contribution in [1.29, 1.82) is 0 Å². The zero-order chi connectivity index (χ0) is 14.4. The first-order valence-corrected chi connectivity index (χ1v) is 6.33. The van der Waals surface area contributed by atoms with Gasteiger partial charge in [0.2, 0.25) is 0 Å². The Morgan fingerprint density at radius 3 is 1.61 bits per heavy atom. The average molecular weight is 382 g/mol. The first-order chi connectivity index (χ1) is 7.83. The van der Waals surface area contributed by atoms with Crippen LogP contribution in [0.5, 0.6) is 0 Å². The number of halogens is 9. The highest BCUT2D eigenvalue weighted by molar-refractivity contribution is 6.49. The molecule has 0 radical (unpaired) electrons. The van der Waals surface area contributed by atoms with E-state index in [4.69, 9.17) is 69.6 Å². The smallest absolute Gasteiger partial charge is 0.245 e. The Morgan fingerprint density at radius 2 is 1.28 bits per heavy atom. The number of pyridine rings is 1. The van der Waals surface area contributed by atoms with Crippen LogP contribution in [0.15, 0.2) is 12.1 Å². The maximum absolute atomic E-state index is 13.5. The molecule has 0 amide bonds. The second-order valence-corrected chi connectivity index (χ2v) is 6.79. The number of hydrogen-bond acceptors (Lipinski definition) is 1. The van der Waals surface area contributed by atoms with Gasteiger partial charge in [0.05, 0.1) is 0 Å². The van der Waals surface area contributed by atoms with Gasteiger partial charge in [-0.3, -0.25) is 0 Å². The summed E-state index contributed by atoms with van der Waals surface area (Å²) in [5.41, 5.74) is -2.29. The van der Waals surface area contributed by atoms with Crippen molar-refractivity contribution in [2.45, 2.75) is 13.8 Å². The van der Waals surface area contributed by atoms with E-state index in [9.17, 15) is 13.2 Å². The van der Waals surface area contributed by atoms with Gasteiger partial charge in [0.1, 0.15) is 11.4 Å². The third-order valence-corrected chi connectivity index (χ3v) is 2.91. The van der Waals surface area contributed by atoms with E-state index in [0.717, 1.165) is 12.1 Å². The summed E-state index contributed by atoms with van der Waals surface area (Å²) in [6.07, 6.45) is 0. The quantitative estimate of drug-likeness (QED) is 0.607. The van der Waals surface area contributed by atoms with E-state index in [1.165, 1.54) is 0 Å². The van der Waals surface area contributed by atoms with Crippen molar-refractivity contribution in [3.05, 3.63) is 29.1 Å². The van der Waals surface area contributed by atoms with Crippen molar-refractivity contribution in [2.75, 3.05) is 0 Å². The van der Waals surface area contributed by atoms with Gasteiger partial charge in [0.25, 0.3) is 9.17 Å². The lowest BCUT2D eigenvalue weighted by molar-refractivity contribution is 0.355. The number of nitrogens with zero attached hydrogens (tertiary/aromatic N) is 1. The van der Waals surface area contributed by atoms with Gasteiger partial charge in [0, 0.05) is 5.56 Å². The third kappa shape index (κ3) is 4.09. The van der Waals surface area contributed by atoms with Gasteiger partial charge in [0.15, 0.2) is 0 Å². The fraction of sp³-hybridized carbons (Fsp3) is 0.375. The molecule has 0 N–H and O–H groups in total. The second kappa shape index (κ2) is 5.23. The first kappa shape index (κ1) is 16.7. The zero-order valence-electron chi connectivity index (χ0n) is 8.00. The standard InChI is InChI=1S/C8H2Cl6F3N/c9-6(10,15)3-1-2-4(7(11,12)16)18-5(3)8(13,14)17/h1-2H. The van der Waals surface area contributed by atoms with E-state index in [1.54, 1.807) is 0 Å². The fourth-order valence-corrected chi connectivity index (χ4v) is 1.87. The SMILES string of the molecule is FC(Cl)(Cl)c1ccc(C(F)(Cl)Cl)c(C(F)(Cl)Cl)n1. The monoisotopic (exact) mass is 379 g/mol. The normalized spacial score (nSPS) is 13.8. The van der Waals surface area contributed by atoms with Gasteiger partial charge < -0.3 is 0 Å². The Morgan fingerprint density at radius 1 is 0.778 bits per heavy atom. The minimum Gasteiger partial charge on any atom is -0.245 e. The number of rotatable bonds is 3. The van der Waals surface area contributed by atoms with Crippen molar-refractivity contribution in [3.8, 4) is 0 Å². The predicted molar refractivity (Wildman–Crippen MR) is 67.7 cm³/mol. The van der Waals surface area contributed by atoms with Crippen LogP contribution < -0.4 is 0 Å². The maximum atomic E-state index is 13.5. The van der Waals surface area contributed by atoms with Crippen LogP contribution in [0.2, 0.25) is 0 Å². The van der Waals surface area contributed by atoms with Gasteiger partial charge in [-0.05, 0) is 12.1 Å². The van der Waals surface area contributed by atoms with Gasteiger partial charge in [-0.15, -0.1) is 0 Å². The Labute approximate surface area is 130 Å². The van der Waals surface area contributed by atoms with Crippen molar-refractivity contribution in [1.82, 2.24) is 4.98 Å². The number of hydrogen-bond donors (Lipinski definition) is 0. The van der Waals surface area contributed by atoms with E-state index in [2.05, 4.69) is 4.98 Å². The Bertz CT molecular complexity index is 448. The summed E-state index contributed by atoms with van der Waals surface area (Å²) >= 11 is 30.8. The third-order valence-electron chi connectivity index (χ3n) is 1.76. The summed E-state index contributed by atoms with van der Waals surface area (Å²) in [6, 6.07) is 1.67. The summed E-state index contributed by atoms with van der Waals surface area (Å²) in [5, 5.41) is 0. The number of alkyl halides is 9. The van der Waals surface area contributed by atoms with Crippen LogP contribution in [0.1, 0.15) is 17.0 Å². The molecule has 18 heavy (non-hydrogen) atoms. The summed E-state index contributed by atoms with van der Waals surface area (Å²) in [4.78, 5) is 3.30. The Kier molecular flexibility index (Phi) is 4.86. The van der Waals surface area contributed by atoms with Gasteiger partial charge in [-0.1, -0.05) is 69.6 Å². The van der Waals surface area contributed by atoms with Gasteiger partial charge >= 0.3 is 4.59 Å². The Hall–Kier alpha value is 0.680. The van der Waals surface area contributed by atoms with Gasteiger partial charge in [-0.25, -0.2) is 18.2 Å². The van der Waals surface area contributed by atoms with E-state index in [0.29, 0.717) is 0 Å². The molecule has 1 aromatic heterocycles. The van der Waals surface area contributed by atoms with Crippen LogP contribution in [0.3, 0.4) is 0 Å². The van der Waals surface area contributed by atoms with Crippen LogP contribution in [0, 0.1) is 0 Å². The van der Waals surface area contributed by atoms with E-state index in [1.807, 2.05) is 0 Å². The number of aromatic nitrogens is 1. The highest BCUT2D eigenvalue weighted by Gasteiger charge is 2.41. The lowest BCUT2D eigenvalue weighted by atomic mass is 10.2. The molecule has 0 spiro atoms. The molecule has 0 saturated heterocycles. The van der Waals surface area contributed by atoms with Crippen molar-refractivity contribution < 1.29 is 13.2 Å². The molecule has 0 atom stereocenters. The zero-order valence-corrected chi connectivity index (χ0v) is 12.5. The molecule has 0 bridgehead atoms. The predicted octanol–water partition coefficient (Wildman–Crippen LogP) is 5.75. The van der Waals surface area contributed by atoms with E-state index in [-0.39, 0.29) is 0 Å². The minimum atomic E-state index is -3.16. The molecular formula is C8H2Cl6F3N. The van der Waals surface area contributed by atoms with Crippen LogP contribution in [0.25, 0.3) is 0 Å². The van der Waals surface area contributed by atoms with Crippen LogP contribution in [0.4, 0.5) is 13.2 Å². The van der Waals surface area contributed by atoms with E-state index < -0.39 is 30.7 Å². The van der Waals surface area contributed by atoms with Crippen LogP contribution in [-0.4, -0.2) is 4.98 Å². The van der Waals surface area contributed by atoms with Crippen molar-refractivity contribution >= 4 is 69.6 Å². The average Bonchev–Trinajstić information content (AvgIpc) is 2.12. The largest absolute Gasteiger partial charge is 0.300 e. The molecule has 1 nitrogen and oxygen atoms in total. The molecule has 0 aliphatic heterocycles. The molecule has 0 unspecified atom stereocenters. The maximum Gasteiger partial charge on any atom is 0.300 e. The van der Waals surface area contributed by atoms with E-state index >= 15 is 0 Å². The molecule has 102 valence electrons. The second-order valence-electron chi connectivity index (χ2n) is 3.09. The van der Waals surface area contributed by atoms with Crippen molar-refractivity contribution in [3.63, 3.8) is 0 Å². The molecule has 1 rings (SSSR count). The fourth-order valence-electron chi connectivity index (χ4n) is 1.06. The summed E-state index contributed by atoms with van der Waals surface area (Å²) in [5.74, 6) is 0. The molecular weight excluding hydrogens is 380 g/mol. The highest BCUT2D eigenvalue weighted by atomic mass is 35.5. The summed E-state index contributed by atoms with van der Waals surface area (Å²) < 4.78 is 30.9. The molecule has 10 heteroatoms. The minimum absolute atomic E-state index is 0.648. The van der Waals surface area contributed by atoms with Crippen molar-refractivity contribution in [2.24, 2.45) is 0 Å². The first-order valence-electron chi connectivity index (χ1n) is 4.06. The molecule has 0 aliphatic carbocycles. The van der Waals surface area contributed by atoms with Gasteiger partial charge in [-0.2, -0.15) is 0 Å². The van der Waals surface area contributed by atoms with Crippen LogP contribution in [-0.2, 0) is 13.8 Å². The lowest BCUT2D eigenvalue weighted by Gasteiger charge is -2.20. The summed E-state index contributed by atoms with van der Waals surface area (Å²) in [6.45, 7) is 0. The molecule has 0 saturated carbocycles. The van der Waals surface area contributed by atoms with Crippen LogP contribution >= 0.6 is 69.6 Å². The lowest BCUT2D eigenvalue weighted by Crippen LogP contribution is -2.19. The summed E-state index contributed by atoms with van der Waals surface area (Å²) in [7, 11) is 0.